The second-order valence-corrected chi connectivity index (χ2v) is 15.9. The second-order valence-electron chi connectivity index (χ2n) is 14.5. The summed E-state index contributed by atoms with van der Waals surface area (Å²) in [6.07, 6.45) is 43.0. The van der Waals surface area contributed by atoms with E-state index in [-0.39, 0.29) is 42.4 Å². The summed E-state index contributed by atoms with van der Waals surface area (Å²) >= 11 is 0. The first-order valence-corrected chi connectivity index (χ1v) is 23.2. The van der Waals surface area contributed by atoms with Gasteiger partial charge in [0.25, 0.3) is 7.82 Å². The van der Waals surface area contributed by atoms with Crippen LogP contribution in [0.5, 0.6) is 0 Å². The maximum Gasteiger partial charge on any atom is 1.00 e. The molecule has 3 N–H and O–H groups in total. The van der Waals surface area contributed by atoms with E-state index in [1.165, 1.54) is 89.9 Å². The SMILES string of the molecule is CCCCC/C=C\C/C=C\C/C=C\C/C=C\CCCC(=O)O[C@H](COC(=O)CCCCCCCCCCCCCCCCC)COP(=O)([O-])OC[C@H]([NH3+])C(=O)[O-].[Na+]. The van der Waals surface area contributed by atoms with E-state index in [9.17, 15) is 28.9 Å². The van der Waals surface area contributed by atoms with Gasteiger partial charge in [-0.1, -0.05) is 165 Å². The molecular weight excluding hydrogens is 756 g/mol. The third kappa shape index (κ3) is 42.4. The number of phosphoric ester groups is 1. The summed E-state index contributed by atoms with van der Waals surface area (Å²) in [5.74, 6) is -2.65. The normalized spacial score (nSPS) is 14.0. The van der Waals surface area contributed by atoms with Gasteiger partial charge >= 0.3 is 41.5 Å². The molecule has 0 radical (unpaired) electrons. The maximum absolute atomic E-state index is 12.6. The van der Waals surface area contributed by atoms with Crippen LogP contribution in [0.3, 0.4) is 0 Å². The van der Waals surface area contributed by atoms with Crippen LogP contribution in [0.15, 0.2) is 48.6 Å². The largest absolute Gasteiger partial charge is 1.00 e. The minimum Gasteiger partial charge on any atom is -0.756 e. The average molecular weight is 834 g/mol. The molecule has 11 nitrogen and oxygen atoms in total. The monoisotopic (exact) mass is 834 g/mol. The van der Waals surface area contributed by atoms with Crippen molar-refractivity contribution in [2.45, 2.75) is 193 Å². The number of quaternary nitrogens is 1. The zero-order chi connectivity index (χ0) is 41.4. The van der Waals surface area contributed by atoms with Gasteiger partial charge in [0.05, 0.1) is 6.61 Å². The van der Waals surface area contributed by atoms with E-state index in [0.29, 0.717) is 19.3 Å². The molecule has 0 aromatic rings. The summed E-state index contributed by atoms with van der Waals surface area (Å²) in [5, 5.41) is 10.8. The first kappa shape index (κ1) is 57.5. The van der Waals surface area contributed by atoms with E-state index in [2.05, 4.69) is 60.6 Å². The van der Waals surface area contributed by atoms with Crippen LogP contribution in [-0.2, 0) is 37.5 Å². The molecule has 0 heterocycles. The predicted molar refractivity (Wildman–Crippen MR) is 220 cm³/mol. The van der Waals surface area contributed by atoms with Gasteiger partial charge in [0.1, 0.15) is 25.2 Å². The number of phosphoric acid groups is 1. The number of hydrogen-bond donors (Lipinski definition) is 1. The minimum absolute atomic E-state index is 0. The summed E-state index contributed by atoms with van der Waals surface area (Å²) in [6.45, 7) is 2.62. The van der Waals surface area contributed by atoms with Gasteiger partial charge in [-0.05, 0) is 51.4 Å². The van der Waals surface area contributed by atoms with Gasteiger partial charge in [-0.15, -0.1) is 0 Å². The summed E-state index contributed by atoms with van der Waals surface area (Å²) in [6, 6.07) is -1.43. The number of hydrogen-bond acceptors (Lipinski definition) is 10. The van der Waals surface area contributed by atoms with Crippen molar-refractivity contribution in [3.05, 3.63) is 48.6 Å². The first-order valence-electron chi connectivity index (χ1n) is 21.7. The van der Waals surface area contributed by atoms with E-state index in [1.54, 1.807) is 0 Å². The molecule has 0 saturated heterocycles. The fraction of sp³-hybridized carbons (Fsp3) is 0.750. The molecule has 0 aliphatic heterocycles. The number of unbranched alkanes of at least 4 members (excludes halogenated alkanes) is 18. The van der Waals surface area contributed by atoms with Gasteiger partial charge in [-0.25, -0.2) is 0 Å². The summed E-state index contributed by atoms with van der Waals surface area (Å²) in [7, 11) is -4.97. The molecule has 0 amide bonds. The van der Waals surface area contributed by atoms with Gasteiger partial charge in [0.2, 0.25) is 0 Å². The first-order chi connectivity index (χ1) is 27.1. The van der Waals surface area contributed by atoms with Crippen LogP contribution < -0.4 is 45.3 Å². The van der Waals surface area contributed by atoms with Gasteiger partial charge in [-0.2, -0.15) is 0 Å². The van der Waals surface area contributed by atoms with Crippen molar-refractivity contribution >= 4 is 25.7 Å². The molecule has 0 fully saturated rings. The van der Waals surface area contributed by atoms with Crippen molar-refractivity contribution in [3.63, 3.8) is 0 Å². The summed E-state index contributed by atoms with van der Waals surface area (Å²) in [4.78, 5) is 48.0. The van der Waals surface area contributed by atoms with E-state index >= 15 is 0 Å². The topological polar surface area (TPSA) is 179 Å². The zero-order valence-corrected chi connectivity index (χ0v) is 38.9. The molecular formula is C44H77NNaO10P. The van der Waals surface area contributed by atoms with E-state index in [4.69, 9.17) is 14.0 Å². The number of carboxylic acid groups (broad SMARTS) is 1. The van der Waals surface area contributed by atoms with Gasteiger partial charge in [-0.3, -0.25) is 14.2 Å². The van der Waals surface area contributed by atoms with Gasteiger partial charge in [0, 0.05) is 12.8 Å². The zero-order valence-electron chi connectivity index (χ0n) is 36.0. The molecule has 0 saturated carbocycles. The van der Waals surface area contributed by atoms with E-state index < -0.39 is 57.7 Å². The van der Waals surface area contributed by atoms with Crippen molar-refractivity contribution in [2.24, 2.45) is 0 Å². The molecule has 0 aromatic carbocycles. The third-order valence-corrected chi connectivity index (χ3v) is 10.0. The molecule has 13 heteroatoms. The van der Waals surface area contributed by atoms with Crippen LogP contribution in [0.25, 0.3) is 0 Å². The number of aliphatic carboxylic acids is 1. The van der Waals surface area contributed by atoms with Crippen LogP contribution in [-0.4, -0.2) is 49.9 Å². The summed E-state index contributed by atoms with van der Waals surface area (Å²) in [5.41, 5.74) is 3.24. The van der Waals surface area contributed by atoms with Crippen molar-refractivity contribution in [3.8, 4) is 0 Å². The summed E-state index contributed by atoms with van der Waals surface area (Å²) < 4.78 is 32.3. The number of allylic oxidation sites excluding steroid dienone is 8. The van der Waals surface area contributed by atoms with Gasteiger partial charge in [0.15, 0.2) is 6.10 Å². The molecule has 0 aliphatic carbocycles. The second kappa shape index (κ2) is 42.6. The van der Waals surface area contributed by atoms with Crippen molar-refractivity contribution in [1.29, 1.82) is 0 Å². The van der Waals surface area contributed by atoms with Crippen molar-refractivity contribution < 1.29 is 82.8 Å². The maximum atomic E-state index is 12.6. The molecule has 1 unspecified atom stereocenters. The smallest absolute Gasteiger partial charge is 0.756 e. The number of rotatable bonds is 40. The van der Waals surface area contributed by atoms with Crippen molar-refractivity contribution in [2.75, 3.05) is 19.8 Å². The fourth-order valence-corrected chi connectivity index (χ4v) is 6.43. The minimum atomic E-state index is -4.97. The Morgan fingerprint density at radius 2 is 0.965 bits per heavy atom. The Balaban J connectivity index is 0. The molecule has 57 heavy (non-hydrogen) atoms. The Morgan fingerprint density at radius 1 is 0.561 bits per heavy atom. The third-order valence-electron chi connectivity index (χ3n) is 9.11. The molecule has 0 aromatic heterocycles. The van der Waals surface area contributed by atoms with Crippen molar-refractivity contribution in [1.82, 2.24) is 0 Å². The number of ether oxygens (including phenoxy) is 2. The predicted octanol–water partition coefficient (Wildman–Crippen LogP) is 5.71. The fourth-order valence-electron chi connectivity index (χ4n) is 5.65. The number of esters is 2. The number of carboxylic acids is 1. The van der Waals surface area contributed by atoms with E-state index in [0.717, 1.165) is 44.9 Å². The van der Waals surface area contributed by atoms with Gasteiger partial charge < -0.3 is 39.0 Å². The van der Waals surface area contributed by atoms with Crippen LogP contribution >= 0.6 is 7.82 Å². The van der Waals surface area contributed by atoms with Crippen LogP contribution in [0.1, 0.15) is 181 Å². The van der Waals surface area contributed by atoms with E-state index in [1.807, 2.05) is 12.2 Å². The Hall–Kier alpha value is -1.56. The molecule has 0 spiro atoms. The number of carbonyl (C=O) groups is 3. The molecule has 324 valence electrons. The standard InChI is InChI=1S/C44H78NO10P.Na/c1-3-5-7-9-11-13-15-17-19-20-22-24-26-28-30-32-34-36-43(47)55-40(38-53-56(50,51)54-39-41(45)44(48)49)37-52-42(46)35-33-31-29-27-25-23-21-18-16-14-12-10-8-6-4-2;/h11,13,17,19,22,24,28,30,40-41H,3-10,12,14-16,18,20-21,23,25-27,29,31-39,45H2,1-2H3,(H,48,49)(H,50,51);/q;+1/p-1/b13-11-,19-17-,24-22-,30-28-;/t40-,41+;/m1./s1. The Bertz CT molecular complexity index is 1150. The Kier molecular flexibility index (Phi) is 43.0. The number of carbonyl (C=O) groups excluding carboxylic acids is 3. The molecule has 0 bridgehead atoms. The Morgan fingerprint density at radius 3 is 1.46 bits per heavy atom. The Labute approximate surface area is 368 Å². The average Bonchev–Trinajstić information content (AvgIpc) is 3.17. The molecule has 3 atom stereocenters. The molecule has 0 rings (SSSR count). The van der Waals surface area contributed by atoms with Crippen LogP contribution in [0, 0.1) is 0 Å². The van der Waals surface area contributed by atoms with Crippen LogP contribution in [0.2, 0.25) is 0 Å². The quantitative estimate of drug-likeness (QED) is 0.0264. The van der Waals surface area contributed by atoms with Crippen LogP contribution in [0.4, 0.5) is 0 Å². The molecule has 0 aliphatic rings.